The number of carbonyl (C=O) groups excluding carboxylic acids is 1. The molecule has 0 saturated heterocycles. The van der Waals surface area contributed by atoms with Crippen molar-refractivity contribution in [2.75, 3.05) is 19.2 Å². The Morgan fingerprint density at radius 3 is 2.42 bits per heavy atom. The molecule has 1 aromatic heterocycles. The first-order valence-electron chi connectivity index (χ1n) is 11.4. The van der Waals surface area contributed by atoms with E-state index in [1.54, 1.807) is 13.3 Å². The number of methoxy groups -OCH3 is 1. The Hall–Kier alpha value is -2.90. The van der Waals surface area contributed by atoms with Crippen LogP contribution in [0.25, 0.3) is 0 Å². The minimum atomic E-state index is -0.521. The highest BCUT2D eigenvalue weighted by Crippen LogP contribution is 2.51. The number of aromatic nitrogens is 1. The molecule has 0 radical (unpaired) electrons. The molecule has 0 bridgehead atoms. The SMILES string of the molecule is CC.CC.COC(c1ccccc1)c1cnc(NC(=O)C2(c3ccc4c(c3)OCO4)CC2)s1. The van der Waals surface area contributed by atoms with E-state index >= 15 is 0 Å². The molecule has 1 atom stereocenters. The van der Waals surface area contributed by atoms with Gasteiger partial charge in [0.05, 0.1) is 10.3 Å². The zero-order chi connectivity index (χ0) is 23.8. The number of nitrogens with one attached hydrogen (secondary N) is 1. The zero-order valence-electron chi connectivity index (χ0n) is 19.9. The van der Waals surface area contributed by atoms with Crippen molar-refractivity contribution in [1.29, 1.82) is 0 Å². The van der Waals surface area contributed by atoms with Crippen LogP contribution in [-0.2, 0) is 14.9 Å². The molecule has 2 aliphatic rings. The molecule has 7 heteroatoms. The average molecular weight is 469 g/mol. The zero-order valence-corrected chi connectivity index (χ0v) is 20.7. The van der Waals surface area contributed by atoms with Gasteiger partial charge in [0.15, 0.2) is 16.6 Å². The number of benzene rings is 2. The van der Waals surface area contributed by atoms with Gasteiger partial charge in [-0.15, -0.1) is 0 Å². The lowest BCUT2D eigenvalue weighted by Gasteiger charge is -2.15. The summed E-state index contributed by atoms with van der Waals surface area (Å²) in [6.45, 7) is 8.22. The van der Waals surface area contributed by atoms with Gasteiger partial charge < -0.3 is 19.5 Å². The Labute approximate surface area is 199 Å². The summed E-state index contributed by atoms with van der Waals surface area (Å²) in [5, 5.41) is 3.58. The Bertz CT molecular complexity index is 1050. The van der Waals surface area contributed by atoms with E-state index in [-0.39, 0.29) is 18.8 Å². The van der Waals surface area contributed by atoms with Crippen molar-refractivity contribution in [1.82, 2.24) is 4.98 Å². The second kappa shape index (κ2) is 11.3. The fourth-order valence-corrected chi connectivity index (χ4v) is 4.61. The standard InChI is InChI=1S/C22H20N2O4S.2C2H6/c1-26-19(14-5-3-2-4-6-14)18-12-23-21(29-18)24-20(25)22(9-10-22)15-7-8-16-17(11-15)28-13-27-16;2*1-2/h2-8,11-12,19H,9-10,13H2,1H3,(H,23,24,25);2*1-2H3. The number of thiazole rings is 1. The van der Waals surface area contributed by atoms with E-state index in [2.05, 4.69) is 10.3 Å². The van der Waals surface area contributed by atoms with E-state index in [0.29, 0.717) is 10.9 Å². The molecule has 0 spiro atoms. The number of anilines is 1. The number of hydrogen-bond donors (Lipinski definition) is 1. The van der Waals surface area contributed by atoms with Gasteiger partial charge in [0.1, 0.15) is 6.10 Å². The van der Waals surface area contributed by atoms with Crippen LogP contribution in [-0.4, -0.2) is 24.8 Å². The van der Waals surface area contributed by atoms with Gasteiger partial charge in [0, 0.05) is 13.3 Å². The maximum atomic E-state index is 13.1. The second-order valence-corrected chi connectivity index (χ2v) is 8.26. The maximum absolute atomic E-state index is 13.1. The predicted molar refractivity (Wildman–Crippen MR) is 132 cm³/mol. The minimum Gasteiger partial charge on any atom is -0.454 e. The lowest BCUT2D eigenvalue weighted by atomic mass is 9.94. The highest BCUT2D eigenvalue weighted by Gasteiger charge is 2.52. The third kappa shape index (κ3) is 5.20. The molecule has 1 unspecified atom stereocenters. The van der Waals surface area contributed by atoms with Gasteiger partial charge >= 0.3 is 0 Å². The van der Waals surface area contributed by atoms with E-state index in [0.717, 1.165) is 34.6 Å². The van der Waals surface area contributed by atoms with E-state index in [1.165, 1.54) is 11.3 Å². The molecule has 33 heavy (non-hydrogen) atoms. The number of nitrogens with zero attached hydrogens (tertiary/aromatic N) is 1. The molecule has 1 saturated carbocycles. The van der Waals surface area contributed by atoms with E-state index in [1.807, 2.05) is 76.2 Å². The molecular weight excluding hydrogens is 436 g/mol. The first kappa shape index (κ1) is 24.7. The highest BCUT2D eigenvalue weighted by molar-refractivity contribution is 7.15. The van der Waals surface area contributed by atoms with Crippen LogP contribution in [0.15, 0.2) is 54.7 Å². The van der Waals surface area contributed by atoms with Crippen molar-refractivity contribution >= 4 is 22.4 Å². The van der Waals surface area contributed by atoms with Gasteiger partial charge in [-0.05, 0) is 36.1 Å². The number of amides is 1. The van der Waals surface area contributed by atoms with Crippen LogP contribution in [0.2, 0.25) is 0 Å². The summed E-state index contributed by atoms with van der Waals surface area (Å²) in [7, 11) is 1.68. The third-order valence-electron chi connectivity index (χ3n) is 5.45. The van der Waals surface area contributed by atoms with Crippen LogP contribution in [0.3, 0.4) is 0 Å². The molecule has 1 aliphatic carbocycles. The molecule has 2 aromatic carbocycles. The average Bonchev–Trinajstić information content (AvgIpc) is 3.34. The van der Waals surface area contributed by atoms with E-state index in [9.17, 15) is 4.79 Å². The normalized spacial score (nSPS) is 15.3. The van der Waals surface area contributed by atoms with Crippen molar-refractivity contribution in [2.24, 2.45) is 0 Å². The molecule has 176 valence electrons. The topological polar surface area (TPSA) is 69.7 Å². The van der Waals surface area contributed by atoms with Crippen molar-refractivity contribution in [3.8, 4) is 11.5 Å². The van der Waals surface area contributed by atoms with E-state index < -0.39 is 5.41 Å². The first-order chi connectivity index (χ1) is 16.2. The number of carbonyl (C=O) groups is 1. The minimum absolute atomic E-state index is 0.0362. The molecule has 1 aliphatic heterocycles. The molecule has 1 amide bonds. The first-order valence-corrected chi connectivity index (χ1v) is 12.3. The van der Waals surface area contributed by atoms with Crippen LogP contribution in [0.5, 0.6) is 11.5 Å². The highest BCUT2D eigenvalue weighted by atomic mass is 32.1. The van der Waals surface area contributed by atoms with Crippen LogP contribution >= 0.6 is 11.3 Å². The summed E-state index contributed by atoms with van der Waals surface area (Å²) in [6.07, 6.45) is 3.17. The van der Waals surface area contributed by atoms with Crippen molar-refractivity contribution in [2.45, 2.75) is 52.1 Å². The van der Waals surface area contributed by atoms with Crippen molar-refractivity contribution in [3.63, 3.8) is 0 Å². The van der Waals surface area contributed by atoms with Gasteiger partial charge in [-0.25, -0.2) is 4.98 Å². The number of fused-ring (bicyclic) bond motifs is 1. The molecule has 2 heterocycles. The molecule has 1 fully saturated rings. The van der Waals surface area contributed by atoms with Crippen molar-refractivity contribution < 1.29 is 19.0 Å². The fourth-order valence-electron chi connectivity index (χ4n) is 3.69. The largest absolute Gasteiger partial charge is 0.454 e. The summed E-state index contributed by atoms with van der Waals surface area (Å²) in [4.78, 5) is 18.4. The summed E-state index contributed by atoms with van der Waals surface area (Å²) in [5.41, 5.74) is 1.48. The number of rotatable bonds is 6. The monoisotopic (exact) mass is 468 g/mol. The molecule has 1 N–H and O–H groups in total. The maximum Gasteiger partial charge on any atom is 0.236 e. The predicted octanol–water partition coefficient (Wildman–Crippen LogP) is 6.33. The molecular formula is C26H32N2O4S. The summed E-state index contributed by atoms with van der Waals surface area (Å²) in [6, 6.07) is 15.7. The van der Waals surface area contributed by atoms with Gasteiger partial charge in [-0.3, -0.25) is 4.79 Å². The Kier molecular flexibility index (Phi) is 8.47. The van der Waals surface area contributed by atoms with Gasteiger partial charge in [-0.2, -0.15) is 0 Å². The second-order valence-electron chi connectivity index (χ2n) is 7.20. The van der Waals surface area contributed by atoms with Gasteiger partial charge in [0.25, 0.3) is 0 Å². The van der Waals surface area contributed by atoms with Crippen LogP contribution in [0, 0.1) is 0 Å². The van der Waals surface area contributed by atoms with Crippen LogP contribution in [0.4, 0.5) is 5.13 Å². The van der Waals surface area contributed by atoms with E-state index in [4.69, 9.17) is 14.2 Å². The third-order valence-corrected chi connectivity index (χ3v) is 6.41. The quantitative estimate of drug-likeness (QED) is 0.458. The molecule has 3 aromatic rings. The lowest BCUT2D eigenvalue weighted by Crippen LogP contribution is -2.27. The van der Waals surface area contributed by atoms with Crippen LogP contribution in [0.1, 0.15) is 62.6 Å². The summed E-state index contributed by atoms with van der Waals surface area (Å²) in [5.74, 6) is 1.39. The summed E-state index contributed by atoms with van der Waals surface area (Å²) < 4.78 is 16.5. The number of hydrogen-bond acceptors (Lipinski definition) is 6. The van der Waals surface area contributed by atoms with Gasteiger partial charge in [0.2, 0.25) is 12.7 Å². The van der Waals surface area contributed by atoms with Crippen LogP contribution < -0.4 is 14.8 Å². The lowest BCUT2D eigenvalue weighted by molar-refractivity contribution is -0.118. The van der Waals surface area contributed by atoms with Gasteiger partial charge in [-0.1, -0.05) is 75.4 Å². The van der Waals surface area contributed by atoms with Crippen molar-refractivity contribution in [3.05, 3.63) is 70.7 Å². The Balaban J connectivity index is 0.000000728. The Morgan fingerprint density at radius 1 is 1.06 bits per heavy atom. The molecule has 6 nitrogen and oxygen atoms in total. The Morgan fingerprint density at radius 2 is 1.76 bits per heavy atom. The summed E-state index contributed by atoms with van der Waals surface area (Å²) >= 11 is 1.44. The number of ether oxygens (including phenoxy) is 3. The fraction of sp³-hybridized carbons (Fsp3) is 0.385. The molecule has 5 rings (SSSR count). The smallest absolute Gasteiger partial charge is 0.236 e.